The molecule has 12 atom stereocenters. The molecule has 3 saturated carbocycles. The summed E-state index contributed by atoms with van der Waals surface area (Å²) in [6.45, 7) is 18.3. The minimum atomic E-state index is -1.10. The summed E-state index contributed by atoms with van der Waals surface area (Å²) in [7, 11) is 0. The number of aliphatic hydroxyl groups is 3. The van der Waals surface area contributed by atoms with Gasteiger partial charge in [-0.1, -0.05) is 48.5 Å². The summed E-state index contributed by atoms with van der Waals surface area (Å²) in [5.74, 6) is 1.14. The van der Waals surface area contributed by atoms with Gasteiger partial charge in [0, 0.05) is 17.9 Å². The molecule has 0 unspecified atom stereocenters. The molecule has 216 valence electrons. The van der Waals surface area contributed by atoms with Gasteiger partial charge in [0.25, 0.3) is 0 Å². The number of ether oxygens (including phenoxy) is 2. The Kier molecular flexibility index (Phi) is 7.09. The molecule has 1 saturated heterocycles. The number of aliphatic hydroxyl groups excluding tert-OH is 2. The molecule has 0 aromatic carbocycles. The summed E-state index contributed by atoms with van der Waals surface area (Å²) in [4.78, 5) is 13.5. The van der Waals surface area contributed by atoms with Gasteiger partial charge in [-0.25, -0.2) is 0 Å². The van der Waals surface area contributed by atoms with E-state index < -0.39 is 34.2 Å². The van der Waals surface area contributed by atoms with Crippen LogP contribution in [0.15, 0.2) is 11.6 Å². The van der Waals surface area contributed by atoms with Crippen LogP contribution in [0.2, 0.25) is 0 Å². The lowest BCUT2D eigenvalue weighted by Gasteiger charge is -2.60. The van der Waals surface area contributed by atoms with Crippen molar-refractivity contribution >= 4 is 5.78 Å². The monoisotopic (exact) mass is 532 g/mol. The number of fused-ring (bicyclic) bond motifs is 5. The number of hydrogen-bond donors (Lipinski definition) is 3. The fourth-order valence-corrected chi connectivity index (χ4v) is 9.38. The minimum absolute atomic E-state index is 0.000562. The fraction of sp³-hybridized carbons (Fsp3) is 0.906. The maximum atomic E-state index is 13.5. The van der Waals surface area contributed by atoms with Gasteiger partial charge in [-0.3, -0.25) is 4.79 Å². The van der Waals surface area contributed by atoms with Crippen molar-refractivity contribution in [3.8, 4) is 0 Å². The summed E-state index contributed by atoms with van der Waals surface area (Å²) in [5.41, 5.74) is -1.65. The summed E-state index contributed by atoms with van der Waals surface area (Å²) >= 11 is 0. The highest BCUT2D eigenvalue weighted by Gasteiger charge is 2.72. The molecular weight excluding hydrogens is 480 g/mol. The molecule has 0 bridgehead atoms. The highest BCUT2D eigenvalue weighted by Crippen LogP contribution is 2.69. The Morgan fingerprint density at radius 1 is 1.08 bits per heavy atom. The van der Waals surface area contributed by atoms with E-state index in [1.54, 1.807) is 6.08 Å². The smallest absolute Gasteiger partial charge is 0.159 e. The van der Waals surface area contributed by atoms with Crippen LogP contribution >= 0.6 is 0 Å². The molecule has 4 aliphatic carbocycles. The lowest BCUT2D eigenvalue weighted by Crippen LogP contribution is -2.62. The summed E-state index contributed by atoms with van der Waals surface area (Å²) in [5, 5.41) is 33.6. The molecule has 3 N–H and O–H groups in total. The average Bonchev–Trinajstić information content (AvgIpc) is 3.58. The van der Waals surface area contributed by atoms with E-state index in [-0.39, 0.29) is 35.7 Å². The Morgan fingerprint density at radius 2 is 1.76 bits per heavy atom. The van der Waals surface area contributed by atoms with Crippen LogP contribution in [0.3, 0.4) is 0 Å². The number of allylic oxidation sites excluding steroid dienone is 1. The molecule has 0 spiro atoms. The number of ketones is 1. The second-order valence-corrected chi connectivity index (χ2v) is 15.1. The number of carbonyl (C=O) groups is 1. The molecule has 1 heterocycles. The van der Waals surface area contributed by atoms with Gasteiger partial charge in [0.05, 0.1) is 29.5 Å². The standard InChI is InChI=1S/C32H52O6/c1-17(2)16-37-31(8,28-27(38-28)19(5)18(3)4)26-10-12-32(36)21-13-23(33)22-14-24(34)25(35)15-29(22,6)20(21)9-11-30(26,32)7/h13,17-20,22,24-28,34-36H,9-12,14-16H2,1-8H3/t19-,20+,22+,24-,25+,26+,27+,28-,29-,30-,31-,32-/m1/s1. The molecular formula is C32H52O6. The molecule has 38 heavy (non-hydrogen) atoms. The predicted octanol–water partition coefficient (Wildman–Crippen LogP) is 4.68. The Bertz CT molecular complexity index is 975. The predicted molar refractivity (Wildman–Crippen MR) is 146 cm³/mol. The molecule has 5 aliphatic rings. The van der Waals surface area contributed by atoms with Gasteiger partial charge < -0.3 is 24.8 Å². The van der Waals surface area contributed by atoms with E-state index in [4.69, 9.17) is 9.47 Å². The average molecular weight is 533 g/mol. The zero-order valence-electron chi connectivity index (χ0n) is 24.9. The maximum absolute atomic E-state index is 13.5. The number of carbonyl (C=O) groups excluding carboxylic acids is 1. The molecule has 6 heteroatoms. The highest BCUT2D eigenvalue weighted by molar-refractivity contribution is 5.95. The summed E-state index contributed by atoms with van der Waals surface area (Å²) < 4.78 is 13.2. The summed E-state index contributed by atoms with van der Waals surface area (Å²) in [6.07, 6.45) is 4.02. The number of rotatable bonds is 7. The van der Waals surface area contributed by atoms with Crippen LogP contribution in [0.4, 0.5) is 0 Å². The first-order valence-corrected chi connectivity index (χ1v) is 15.2. The van der Waals surface area contributed by atoms with Gasteiger partial charge in [0.2, 0.25) is 0 Å². The maximum Gasteiger partial charge on any atom is 0.159 e. The molecule has 1 aliphatic heterocycles. The van der Waals surface area contributed by atoms with E-state index >= 15 is 0 Å². The quantitative estimate of drug-likeness (QED) is 0.412. The summed E-state index contributed by atoms with van der Waals surface area (Å²) in [6, 6.07) is 0. The van der Waals surface area contributed by atoms with Crippen molar-refractivity contribution in [2.24, 2.45) is 46.3 Å². The van der Waals surface area contributed by atoms with E-state index in [0.29, 0.717) is 43.6 Å². The van der Waals surface area contributed by atoms with E-state index in [2.05, 4.69) is 55.4 Å². The van der Waals surface area contributed by atoms with Crippen molar-refractivity contribution in [2.45, 2.75) is 130 Å². The fourth-order valence-electron chi connectivity index (χ4n) is 9.38. The first kappa shape index (κ1) is 28.7. The van der Waals surface area contributed by atoms with Crippen LogP contribution in [-0.4, -0.2) is 63.3 Å². The SMILES string of the molecule is CC(C)CO[C@@](C)([C@@H]1O[C@H]1[C@H](C)C(C)C)[C@H]1CC[C@@]2(O)C3=CC(=O)[C@@H]4C[C@@H](O)[C@@H](O)C[C@]4(C)[C@H]3CC[C@]12C. The molecule has 0 amide bonds. The van der Waals surface area contributed by atoms with Crippen molar-refractivity contribution in [3.63, 3.8) is 0 Å². The molecule has 0 aromatic rings. The molecule has 6 nitrogen and oxygen atoms in total. The molecule has 0 aromatic heterocycles. The van der Waals surface area contributed by atoms with Crippen LogP contribution in [0, 0.1) is 46.3 Å². The Balaban J connectivity index is 1.50. The normalized spacial score (nSPS) is 48.7. The van der Waals surface area contributed by atoms with Crippen molar-refractivity contribution < 1.29 is 29.6 Å². The largest absolute Gasteiger partial charge is 0.390 e. The van der Waals surface area contributed by atoms with E-state index in [0.717, 1.165) is 24.8 Å². The van der Waals surface area contributed by atoms with Crippen LogP contribution in [-0.2, 0) is 14.3 Å². The first-order chi connectivity index (χ1) is 17.6. The zero-order chi connectivity index (χ0) is 28.0. The van der Waals surface area contributed by atoms with Crippen molar-refractivity contribution in [1.29, 1.82) is 0 Å². The molecule has 0 radical (unpaired) electrons. The van der Waals surface area contributed by atoms with Crippen LogP contribution in [0.25, 0.3) is 0 Å². The van der Waals surface area contributed by atoms with Gasteiger partial charge in [-0.05, 0) is 92.1 Å². The topological polar surface area (TPSA) is 99.5 Å². The molecule has 5 rings (SSSR count). The third-order valence-corrected chi connectivity index (χ3v) is 12.2. The Labute approximate surface area is 229 Å². The van der Waals surface area contributed by atoms with Crippen LogP contribution < -0.4 is 0 Å². The minimum Gasteiger partial charge on any atom is -0.390 e. The van der Waals surface area contributed by atoms with Crippen LogP contribution in [0.1, 0.15) is 93.9 Å². The lowest BCUT2D eigenvalue weighted by atomic mass is 9.45. The van der Waals surface area contributed by atoms with Crippen molar-refractivity contribution in [1.82, 2.24) is 0 Å². The van der Waals surface area contributed by atoms with Crippen LogP contribution in [0.5, 0.6) is 0 Å². The van der Waals surface area contributed by atoms with Gasteiger partial charge in [-0.2, -0.15) is 0 Å². The number of epoxide rings is 1. The second kappa shape index (κ2) is 9.37. The van der Waals surface area contributed by atoms with E-state index in [1.807, 2.05) is 0 Å². The van der Waals surface area contributed by atoms with Gasteiger partial charge in [-0.15, -0.1) is 0 Å². The Hall–Kier alpha value is -0.790. The second-order valence-electron chi connectivity index (χ2n) is 15.1. The Morgan fingerprint density at radius 3 is 2.39 bits per heavy atom. The lowest BCUT2D eigenvalue weighted by molar-refractivity contribution is -0.174. The van der Waals surface area contributed by atoms with E-state index in [1.165, 1.54) is 0 Å². The third kappa shape index (κ3) is 4.02. The van der Waals surface area contributed by atoms with Gasteiger partial charge >= 0.3 is 0 Å². The highest BCUT2D eigenvalue weighted by atomic mass is 16.6. The third-order valence-electron chi connectivity index (χ3n) is 12.2. The van der Waals surface area contributed by atoms with Crippen molar-refractivity contribution in [3.05, 3.63) is 11.6 Å². The van der Waals surface area contributed by atoms with Gasteiger partial charge in [0.15, 0.2) is 5.78 Å². The van der Waals surface area contributed by atoms with Crippen molar-refractivity contribution in [2.75, 3.05) is 6.61 Å². The number of hydrogen-bond acceptors (Lipinski definition) is 6. The van der Waals surface area contributed by atoms with Gasteiger partial charge in [0.1, 0.15) is 6.10 Å². The van der Waals surface area contributed by atoms with E-state index in [9.17, 15) is 20.1 Å². The first-order valence-electron chi connectivity index (χ1n) is 15.2. The zero-order valence-corrected chi connectivity index (χ0v) is 24.9. The molecule has 4 fully saturated rings.